The molecule has 0 radical (unpaired) electrons. The molecule has 5 rings (SSSR count). The Morgan fingerprint density at radius 2 is 2.00 bits per heavy atom. The van der Waals surface area contributed by atoms with Gasteiger partial charge in [-0.25, -0.2) is 9.97 Å². The van der Waals surface area contributed by atoms with Crippen LogP contribution >= 0.6 is 11.8 Å². The van der Waals surface area contributed by atoms with Gasteiger partial charge in [0, 0.05) is 29.4 Å². The van der Waals surface area contributed by atoms with E-state index in [1.54, 1.807) is 24.4 Å². The van der Waals surface area contributed by atoms with Crippen molar-refractivity contribution in [2.45, 2.75) is 34.7 Å². The summed E-state index contributed by atoms with van der Waals surface area (Å²) >= 11 is 1.08. The Bertz CT molecular complexity index is 968. The molecule has 0 bridgehead atoms. The summed E-state index contributed by atoms with van der Waals surface area (Å²) in [6.45, 7) is 2.28. The predicted octanol–water partition coefficient (Wildman–Crippen LogP) is 2.64. The van der Waals surface area contributed by atoms with Crippen molar-refractivity contribution in [1.82, 2.24) is 9.97 Å². The fourth-order valence-electron chi connectivity index (χ4n) is 4.40. The molecule has 2 fully saturated rings. The van der Waals surface area contributed by atoms with Gasteiger partial charge >= 0.3 is 5.92 Å². The number of piperidine rings is 1. The Morgan fingerprint density at radius 1 is 1.20 bits per heavy atom. The molecular formula is C20H23F2N5O2S. The van der Waals surface area contributed by atoms with Gasteiger partial charge in [-0.2, -0.15) is 8.78 Å². The Labute approximate surface area is 177 Å². The lowest BCUT2D eigenvalue weighted by atomic mass is 9.75. The van der Waals surface area contributed by atoms with E-state index < -0.39 is 12.5 Å². The summed E-state index contributed by atoms with van der Waals surface area (Å²) < 4.78 is 39.1. The minimum absolute atomic E-state index is 0.0479. The Morgan fingerprint density at radius 3 is 2.70 bits per heavy atom. The monoisotopic (exact) mass is 435 g/mol. The van der Waals surface area contributed by atoms with Crippen LogP contribution in [-0.4, -0.2) is 48.9 Å². The summed E-state index contributed by atoms with van der Waals surface area (Å²) in [4.78, 5) is 11.4. The first-order valence-electron chi connectivity index (χ1n) is 9.91. The zero-order valence-corrected chi connectivity index (χ0v) is 17.1. The maximum atomic E-state index is 14.2. The minimum Gasteiger partial charge on any atom is -0.486 e. The minimum atomic E-state index is -3.03. The molecule has 0 amide bonds. The molecule has 160 valence electrons. The second-order valence-electron chi connectivity index (χ2n) is 8.11. The van der Waals surface area contributed by atoms with Crippen LogP contribution in [0.3, 0.4) is 0 Å². The van der Waals surface area contributed by atoms with E-state index in [0.29, 0.717) is 29.0 Å². The van der Waals surface area contributed by atoms with Crippen LogP contribution in [0.5, 0.6) is 5.75 Å². The molecule has 1 spiro atoms. The van der Waals surface area contributed by atoms with Crippen molar-refractivity contribution in [2.75, 3.05) is 43.5 Å². The molecule has 1 atom stereocenters. The van der Waals surface area contributed by atoms with Crippen molar-refractivity contribution in [1.29, 1.82) is 0 Å². The third-order valence-electron chi connectivity index (χ3n) is 6.28. The lowest BCUT2D eigenvalue weighted by molar-refractivity contribution is -0.0232. The van der Waals surface area contributed by atoms with Gasteiger partial charge in [0.15, 0.2) is 12.4 Å². The van der Waals surface area contributed by atoms with E-state index in [-0.39, 0.29) is 28.6 Å². The van der Waals surface area contributed by atoms with E-state index in [4.69, 9.17) is 20.9 Å². The summed E-state index contributed by atoms with van der Waals surface area (Å²) in [5, 5.41) is 0.398. The molecule has 0 aliphatic carbocycles. The molecule has 0 unspecified atom stereocenters. The molecule has 10 heteroatoms. The number of alkyl halides is 2. The van der Waals surface area contributed by atoms with Gasteiger partial charge < -0.3 is 25.8 Å². The Hall–Kier alpha value is -2.17. The number of ether oxygens (including phenoxy) is 2. The number of nitrogens with two attached hydrogens (primary N) is 2. The lowest BCUT2D eigenvalue weighted by Crippen LogP contribution is -2.49. The third-order valence-corrected chi connectivity index (χ3v) is 7.35. The van der Waals surface area contributed by atoms with Crippen molar-refractivity contribution in [3.8, 4) is 5.75 Å². The first-order chi connectivity index (χ1) is 14.4. The van der Waals surface area contributed by atoms with Gasteiger partial charge in [-0.15, -0.1) is 0 Å². The second kappa shape index (κ2) is 7.21. The fraction of sp³-hybridized carbons (Fsp3) is 0.500. The average molecular weight is 436 g/mol. The smallest absolute Gasteiger partial charge is 0.311 e. The fourth-order valence-corrected chi connectivity index (χ4v) is 5.37. The van der Waals surface area contributed by atoms with E-state index in [1.807, 2.05) is 0 Å². The molecule has 30 heavy (non-hydrogen) atoms. The highest BCUT2D eigenvalue weighted by molar-refractivity contribution is 7.99. The molecule has 4 heterocycles. The van der Waals surface area contributed by atoms with E-state index in [2.05, 4.69) is 14.9 Å². The van der Waals surface area contributed by atoms with Crippen molar-refractivity contribution < 1.29 is 18.3 Å². The molecule has 1 aromatic heterocycles. The molecule has 2 saturated heterocycles. The average Bonchev–Trinajstić information content (AvgIpc) is 3.24. The number of rotatable bonds is 3. The normalized spacial score (nSPS) is 24.1. The van der Waals surface area contributed by atoms with Gasteiger partial charge in [0.1, 0.15) is 16.6 Å². The largest absolute Gasteiger partial charge is 0.486 e. The summed E-state index contributed by atoms with van der Waals surface area (Å²) in [5.41, 5.74) is 12.3. The van der Waals surface area contributed by atoms with Crippen LogP contribution in [0, 0.1) is 5.41 Å². The number of nitrogens with zero attached hydrogens (tertiary/aromatic N) is 3. The van der Waals surface area contributed by atoms with Crippen molar-refractivity contribution in [2.24, 2.45) is 11.1 Å². The highest BCUT2D eigenvalue weighted by atomic mass is 32.2. The maximum Gasteiger partial charge on any atom is 0.311 e. The van der Waals surface area contributed by atoms with E-state index >= 15 is 0 Å². The second-order valence-corrected chi connectivity index (χ2v) is 9.14. The number of hydrogen-bond donors (Lipinski definition) is 2. The van der Waals surface area contributed by atoms with Gasteiger partial charge in [0.2, 0.25) is 0 Å². The van der Waals surface area contributed by atoms with E-state index in [0.717, 1.165) is 37.7 Å². The van der Waals surface area contributed by atoms with Crippen LogP contribution in [0.1, 0.15) is 18.4 Å². The topological polar surface area (TPSA) is 99.5 Å². The summed E-state index contributed by atoms with van der Waals surface area (Å²) in [7, 11) is 0. The maximum absolute atomic E-state index is 14.2. The number of hydrogen-bond acceptors (Lipinski definition) is 8. The highest BCUT2D eigenvalue weighted by Crippen LogP contribution is 2.48. The zero-order chi connectivity index (χ0) is 20.9. The molecule has 2 aromatic rings. The van der Waals surface area contributed by atoms with Gasteiger partial charge in [-0.3, -0.25) is 0 Å². The molecular weight excluding hydrogens is 412 g/mol. The molecule has 3 aliphatic rings. The van der Waals surface area contributed by atoms with Crippen LogP contribution < -0.4 is 21.1 Å². The standard InChI is InChI=1S/C20H23F2N5O2S/c21-20(22)11-29-12-2-1-3-13(16(12)20)30-18-17(24)26-15(8-25-18)27-6-4-19(5-7-27)10-28-9-14(19)23/h1-3,8,14H,4-7,9-11,23H2,(H2,24,26)/t14-/m1/s1. The SMILES string of the molecule is Nc1nc(N2CCC3(CC2)COC[C@H]3N)cnc1Sc1cccc2c1C(F)(F)CO2. The summed E-state index contributed by atoms with van der Waals surface area (Å²) in [6, 6.07) is 4.92. The molecule has 7 nitrogen and oxygen atoms in total. The van der Waals surface area contributed by atoms with Gasteiger partial charge in [0.25, 0.3) is 0 Å². The third kappa shape index (κ3) is 3.27. The van der Waals surface area contributed by atoms with Crippen LogP contribution in [0.25, 0.3) is 0 Å². The number of halogens is 2. The number of nitrogen functional groups attached to an aromatic ring is 1. The van der Waals surface area contributed by atoms with E-state index in [9.17, 15) is 8.78 Å². The number of fused-ring (bicyclic) bond motifs is 1. The van der Waals surface area contributed by atoms with E-state index in [1.165, 1.54) is 0 Å². The molecule has 3 aliphatic heterocycles. The highest BCUT2D eigenvalue weighted by Gasteiger charge is 2.45. The Balaban J connectivity index is 1.33. The quantitative estimate of drug-likeness (QED) is 0.759. The zero-order valence-electron chi connectivity index (χ0n) is 16.3. The number of anilines is 2. The van der Waals surface area contributed by atoms with Crippen molar-refractivity contribution in [3.63, 3.8) is 0 Å². The molecule has 1 aromatic carbocycles. The predicted molar refractivity (Wildman–Crippen MR) is 109 cm³/mol. The van der Waals surface area contributed by atoms with Crippen molar-refractivity contribution >= 4 is 23.4 Å². The van der Waals surface area contributed by atoms with Gasteiger partial charge in [0.05, 0.1) is 25.0 Å². The van der Waals surface area contributed by atoms with Gasteiger partial charge in [-0.1, -0.05) is 17.8 Å². The van der Waals surface area contributed by atoms with Crippen LogP contribution in [0.15, 0.2) is 34.3 Å². The number of aromatic nitrogens is 2. The van der Waals surface area contributed by atoms with Crippen LogP contribution in [0.4, 0.5) is 20.4 Å². The summed E-state index contributed by atoms with van der Waals surface area (Å²) in [6.07, 6.45) is 3.51. The molecule has 0 saturated carbocycles. The van der Waals surface area contributed by atoms with Crippen molar-refractivity contribution in [3.05, 3.63) is 30.0 Å². The number of benzene rings is 1. The molecule has 4 N–H and O–H groups in total. The van der Waals surface area contributed by atoms with Crippen LogP contribution in [0.2, 0.25) is 0 Å². The van der Waals surface area contributed by atoms with Gasteiger partial charge in [-0.05, 0) is 25.0 Å². The lowest BCUT2D eigenvalue weighted by Gasteiger charge is -2.41. The first kappa shape index (κ1) is 19.8. The summed E-state index contributed by atoms with van der Waals surface area (Å²) in [5.74, 6) is -1.93. The first-order valence-corrected chi connectivity index (χ1v) is 10.7. The van der Waals surface area contributed by atoms with Crippen LogP contribution in [-0.2, 0) is 10.7 Å². The Kier molecular flexibility index (Phi) is 4.75.